The third-order valence-electron chi connectivity index (χ3n) is 2.93. The molecule has 102 valence electrons. The van der Waals surface area contributed by atoms with Crippen LogP contribution in [0.15, 0.2) is 42.7 Å². The summed E-state index contributed by atoms with van der Waals surface area (Å²) in [6.45, 7) is 0.764. The van der Waals surface area contributed by atoms with Gasteiger partial charge in [-0.1, -0.05) is 23.7 Å². The van der Waals surface area contributed by atoms with Crippen molar-refractivity contribution in [3.63, 3.8) is 0 Å². The Labute approximate surface area is 126 Å². The monoisotopic (exact) mass is 304 g/mol. The molecule has 20 heavy (non-hydrogen) atoms. The van der Waals surface area contributed by atoms with E-state index in [1.54, 1.807) is 17.7 Å². The van der Waals surface area contributed by atoms with Gasteiger partial charge in [-0.2, -0.15) is 0 Å². The number of aromatic nitrogens is 3. The van der Waals surface area contributed by atoms with E-state index in [2.05, 4.69) is 21.6 Å². The van der Waals surface area contributed by atoms with Gasteiger partial charge in [-0.25, -0.2) is 0 Å². The zero-order valence-corrected chi connectivity index (χ0v) is 12.4. The zero-order chi connectivity index (χ0) is 13.9. The van der Waals surface area contributed by atoms with E-state index in [4.69, 9.17) is 11.6 Å². The SMILES string of the molecule is Cn1cnnc1-c1cccc(NCc2ccc(Cl)s2)c1. The van der Waals surface area contributed by atoms with Crippen molar-refractivity contribution in [3.05, 3.63) is 51.9 Å². The van der Waals surface area contributed by atoms with Crippen molar-refractivity contribution >= 4 is 28.6 Å². The molecule has 1 aromatic carbocycles. The predicted octanol–water partition coefficient (Wildman–Crippen LogP) is 3.81. The number of benzene rings is 1. The first-order chi connectivity index (χ1) is 9.72. The van der Waals surface area contributed by atoms with Gasteiger partial charge in [0.15, 0.2) is 5.82 Å². The van der Waals surface area contributed by atoms with Gasteiger partial charge in [-0.15, -0.1) is 21.5 Å². The van der Waals surface area contributed by atoms with Crippen LogP contribution in [-0.2, 0) is 13.6 Å². The van der Waals surface area contributed by atoms with Gasteiger partial charge in [0.25, 0.3) is 0 Å². The van der Waals surface area contributed by atoms with E-state index in [0.717, 1.165) is 28.0 Å². The molecule has 6 heteroatoms. The molecule has 1 N–H and O–H groups in total. The molecule has 0 radical (unpaired) electrons. The minimum absolute atomic E-state index is 0.764. The fourth-order valence-corrected chi connectivity index (χ4v) is 2.98. The van der Waals surface area contributed by atoms with Gasteiger partial charge in [-0.05, 0) is 24.3 Å². The maximum absolute atomic E-state index is 5.93. The second-order valence-electron chi connectivity index (χ2n) is 4.41. The van der Waals surface area contributed by atoms with E-state index in [0.29, 0.717) is 0 Å². The van der Waals surface area contributed by atoms with Crippen LogP contribution < -0.4 is 5.32 Å². The fourth-order valence-electron chi connectivity index (χ4n) is 1.95. The van der Waals surface area contributed by atoms with Crippen LogP contribution in [0, 0.1) is 0 Å². The summed E-state index contributed by atoms with van der Waals surface area (Å²) in [6, 6.07) is 12.1. The molecular weight excluding hydrogens is 292 g/mol. The van der Waals surface area contributed by atoms with Gasteiger partial charge in [0.1, 0.15) is 6.33 Å². The quantitative estimate of drug-likeness (QED) is 0.797. The summed E-state index contributed by atoms with van der Waals surface area (Å²) in [6.07, 6.45) is 1.70. The molecule has 0 aliphatic rings. The number of nitrogens with zero attached hydrogens (tertiary/aromatic N) is 3. The number of halogens is 1. The van der Waals surface area contributed by atoms with E-state index in [1.165, 1.54) is 4.88 Å². The average Bonchev–Trinajstić information content (AvgIpc) is 3.05. The van der Waals surface area contributed by atoms with Crippen LogP contribution in [0.3, 0.4) is 0 Å². The maximum atomic E-state index is 5.93. The largest absolute Gasteiger partial charge is 0.380 e. The molecule has 0 spiro atoms. The van der Waals surface area contributed by atoms with Crippen LogP contribution in [0.5, 0.6) is 0 Å². The summed E-state index contributed by atoms with van der Waals surface area (Å²) >= 11 is 7.51. The highest BCUT2D eigenvalue weighted by atomic mass is 35.5. The predicted molar refractivity (Wildman–Crippen MR) is 83.1 cm³/mol. The molecule has 0 saturated heterocycles. The van der Waals surface area contributed by atoms with Crippen LogP contribution in [-0.4, -0.2) is 14.8 Å². The Kier molecular flexibility index (Phi) is 3.71. The highest BCUT2D eigenvalue weighted by molar-refractivity contribution is 7.16. The van der Waals surface area contributed by atoms with Gasteiger partial charge >= 0.3 is 0 Å². The summed E-state index contributed by atoms with van der Waals surface area (Å²) in [5.41, 5.74) is 2.09. The molecule has 4 nitrogen and oxygen atoms in total. The van der Waals surface area contributed by atoms with E-state index < -0.39 is 0 Å². The fraction of sp³-hybridized carbons (Fsp3) is 0.143. The lowest BCUT2D eigenvalue weighted by molar-refractivity contribution is 0.920. The van der Waals surface area contributed by atoms with Crippen LogP contribution in [0.25, 0.3) is 11.4 Å². The van der Waals surface area contributed by atoms with Gasteiger partial charge < -0.3 is 9.88 Å². The highest BCUT2D eigenvalue weighted by Gasteiger charge is 2.05. The first kappa shape index (κ1) is 13.1. The van der Waals surface area contributed by atoms with Crippen LogP contribution in [0.2, 0.25) is 4.34 Å². The summed E-state index contributed by atoms with van der Waals surface area (Å²) < 4.78 is 2.72. The van der Waals surface area contributed by atoms with Gasteiger partial charge in [-0.3, -0.25) is 0 Å². The normalized spacial score (nSPS) is 10.7. The lowest BCUT2D eigenvalue weighted by Crippen LogP contribution is -1.98. The Balaban J connectivity index is 1.76. The molecule has 2 heterocycles. The van der Waals surface area contributed by atoms with Crippen molar-refractivity contribution in [2.75, 3.05) is 5.32 Å². The lowest BCUT2D eigenvalue weighted by atomic mass is 10.2. The second kappa shape index (κ2) is 5.64. The summed E-state index contributed by atoms with van der Waals surface area (Å²) in [7, 11) is 1.93. The van der Waals surface area contributed by atoms with Crippen molar-refractivity contribution in [3.8, 4) is 11.4 Å². The number of rotatable bonds is 4. The molecule has 0 aliphatic heterocycles. The molecule has 0 amide bonds. The van der Waals surface area contributed by atoms with Crippen LogP contribution >= 0.6 is 22.9 Å². The minimum atomic E-state index is 0.764. The third kappa shape index (κ3) is 2.84. The second-order valence-corrected chi connectivity index (χ2v) is 6.21. The number of thiophene rings is 1. The minimum Gasteiger partial charge on any atom is -0.380 e. The van der Waals surface area contributed by atoms with Crippen molar-refractivity contribution in [1.82, 2.24) is 14.8 Å². The number of hydrogen-bond donors (Lipinski definition) is 1. The molecule has 0 atom stereocenters. The first-order valence-electron chi connectivity index (χ1n) is 6.15. The summed E-state index contributed by atoms with van der Waals surface area (Å²) in [5, 5.41) is 11.4. The van der Waals surface area contributed by atoms with Gasteiger partial charge in [0, 0.05) is 29.7 Å². The van der Waals surface area contributed by atoms with Gasteiger partial charge in [0.2, 0.25) is 0 Å². The van der Waals surface area contributed by atoms with Crippen molar-refractivity contribution < 1.29 is 0 Å². The molecule has 0 aliphatic carbocycles. The Hall–Kier alpha value is -1.85. The van der Waals surface area contributed by atoms with Crippen LogP contribution in [0.4, 0.5) is 5.69 Å². The number of nitrogens with one attached hydrogen (secondary N) is 1. The van der Waals surface area contributed by atoms with E-state index in [1.807, 2.05) is 41.9 Å². The Morgan fingerprint density at radius 2 is 2.20 bits per heavy atom. The summed E-state index contributed by atoms with van der Waals surface area (Å²) in [4.78, 5) is 1.21. The number of hydrogen-bond acceptors (Lipinski definition) is 4. The molecule has 3 rings (SSSR count). The molecular formula is C14H13ClN4S. The van der Waals surface area contributed by atoms with Crippen molar-refractivity contribution in [2.24, 2.45) is 7.05 Å². The van der Waals surface area contributed by atoms with Crippen molar-refractivity contribution in [2.45, 2.75) is 6.54 Å². The maximum Gasteiger partial charge on any atom is 0.163 e. The first-order valence-corrected chi connectivity index (χ1v) is 7.34. The smallest absolute Gasteiger partial charge is 0.163 e. The van der Waals surface area contributed by atoms with Crippen LogP contribution in [0.1, 0.15) is 4.88 Å². The van der Waals surface area contributed by atoms with E-state index >= 15 is 0 Å². The zero-order valence-electron chi connectivity index (χ0n) is 10.9. The Bertz CT molecular complexity index is 719. The Morgan fingerprint density at radius 3 is 2.90 bits per heavy atom. The van der Waals surface area contributed by atoms with Crippen molar-refractivity contribution in [1.29, 1.82) is 0 Å². The molecule has 2 aromatic heterocycles. The third-order valence-corrected chi connectivity index (χ3v) is 4.16. The lowest BCUT2D eigenvalue weighted by Gasteiger charge is -2.07. The summed E-state index contributed by atoms with van der Waals surface area (Å²) in [5.74, 6) is 0.854. The molecule has 0 bridgehead atoms. The Morgan fingerprint density at radius 1 is 1.30 bits per heavy atom. The topological polar surface area (TPSA) is 42.7 Å². The molecule has 0 saturated carbocycles. The van der Waals surface area contributed by atoms with E-state index in [9.17, 15) is 0 Å². The highest BCUT2D eigenvalue weighted by Crippen LogP contribution is 2.24. The molecule has 0 unspecified atom stereocenters. The molecule has 0 fully saturated rings. The molecule has 3 aromatic rings. The average molecular weight is 305 g/mol. The number of aryl methyl sites for hydroxylation is 1. The van der Waals surface area contributed by atoms with Gasteiger partial charge in [0.05, 0.1) is 4.34 Å². The standard InChI is InChI=1S/C14H13ClN4S/c1-19-9-17-18-14(19)10-3-2-4-11(7-10)16-8-12-5-6-13(15)20-12/h2-7,9,16H,8H2,1H3. The number of anilines is 1. The van der Waals surface area contributed by atoms with E-state index in [-0.39, 0.29) is 0 Å².